The lowest BCUT2D eigenvalue weighted by Gasteiger charge is -2.29. The third kappa shape index (κ3) is 5.49. The van der Waals surface area contributed by atoms with Gasteiger partial charge in [0, 0.05) is 37.8 Å². The summed E-state index contributed by atoms with van der Waals surface area (Å²) in [5.74, 6) is 1.47. The van der Waals surface area contributed by atoms with Gasteiger partial charge in [0.25, 0.3) is 0 Å². The van der Waals surface area contributed by atoms with Crippen LogP contribution in [-0.4, -0.2) is 49.8 Å². The fraction of sp³-hybridized carbons (Fsp3) is 0.200. The van der Waals surface area contributed by atoms with Crippen molar-refractivity contribution in [2.75, 3.05) is 25.0 Å². The maximum absolute atomic E-state index is 14.7. The van der Waals surface area contributed by atoms with E-state index in [1.807, 2.05) is 41.9 Å². The summed E-state index contributed by atoms with van der Waals surface area (Å²) < 4.78 is 22.6. The van der Waals surface area contributed by atoms with E-state index in [4.69, 9.17) is 4.74 Å². The number of imidazole rings is 1. The van der Waals surface area contributed by atoms with Gasteiger partial charge in [0.05, 0.1) is 35.4 Å². The summed E-state index contributed by atoms with van der Waals surface area (Å²) in [4.78, 5) is 27.5. The number of pyridine rings is 2. The zero-order valence-corrected chi connectivity index (χ0v) is 21.5. The van der Waals surface area contributed by atoms with Gasteiger partial charge in [-0.25, -0.2) is 9.37 Å². The number of aryl methyl sites for hydroxylation is 1. The molecule has 0 aliphatic carbocycles. The van der Waals surface area contributed by atoms with Gasteiger partial charge in [-0.2, -0.15) is 0 Å². The Bertz CT molecular complexity index is 1650. The number of hydrogen-bond donors (Lipinski definition) is 1. The van der Waals surface area contributed by atoms with Gasteiger partial charge in [0.1, 0.15) is 17.3 Å². The molecule has 5 aromatic rings. The standard InChI is InChI=1S/C30H27FN6O2/c1-36-29-6-4-24(39-25-9-12-33-22(17-25)16-23(38)19-37-13-2-14-37)18-28(29)35-30(36)34-27-15-21(3-5-26(27)31)20-7-10-32-11-8-20/h3-12,15,17-18H,2,13-14,16,19H2,1H3,(H,34,35). The Morgan fingerprint density at radius 3 is 2.59 bits per heavy atom. The number of halogens is 1. The van der Waals surface area contributed by atoms with Crippen molar-refractivity contribution in [3.8, 4) is 22.6 Å². The van der Waals surface area contributed by atoms with Gasteiger partial charge in [0.15, 0.2) is 5.78 Å². The van der Waals surface area contributed by atoms with Crippen molar-refractivity contribution >= 4 is 28.5 Å². The number of Topliss-reactive ketones (excluding diaryl/α,β-unsaturated/α-hetero) is 1. The van der Waals surface area contributed by atoms with Gasteiger partial charge in [-0.05, 0) is 73.1 Å². The van der Waals surface area contributed by atoms with Crippen LogP contribution in [0.25, 0.3) is 22.2 Å². The molecule has 196 valence electrons. The summed E-state index contributed by atoms with van der Waals surface area (Å²) in [6.07, 6.45) is 6.50. The number of ketones is 1. The van der Waals surface area contributed by atoms with Crippen LogP contribution < -0.4 is 10.1 Å². The number of anilines is 2. The molecular formula is C30H27FN6O2. The lowest BCUT2D eigenvalue weighted by atomic mass is 10.1. The highest BCUT2D eigenvalue weighted by Crippen LogP contribution is 2.30. The van der Waals surface area contributed by atoms with E-state index in [1.165, 1.54) is 6.07 Å². The van der Waals surface area contributed by atoms with E-state index in [0.29, 0.717) is 40.9 Å². The first kappa shape index (κ1) is 24.7. The van der Waals surface area contributed by atoms with E-state index >= 15 is 0 Å². The van der Waals surface area contributed by atoms with E-state index in [1.54, 1.807) is 42.9 Å². The summed E-state index contributed by atoms with van der Waals surface area (Å²) in [5.41, 5.74) is 4.38. The fourth-order valence-electron chi connectivity index (χ4n) is 4.62. The number of hydrogen-bond acceptors (Lipinski definition) is 7. The minimum absolute atomic E-state index is 0.150. The number of benzene rings is 2. The molecule has 1 aliphatic heterocycles. The summed E-state index contributed by atoms with van der Waals surface area (Å²) in [5, 5.41) is 3.13. The molecule has 2 aromatic carbocycles. The van der Waals surface area contributed by atoms with Gasteiger partial charge in [0.2, 0.25) is 5.95 Å². The molecule has 0 bridgehead atoms. The van der Waals surface area contributed by atoms with Crippen LogP contribution in [0.5, 0.6) is 11.5 Å². The Hall–Kier alpha value is -4.63. The first-order chi connectivity index (χ1) is 19.0. The number of ether oxygens (including phenoxy) is 1. The van der Waals surface area contributed by atoms with Crippen molar-refractivity contribution in [1.29, 1.82) is 0 Å². The smallest absolute Gasteiger partial charge is 0.208 e. The molecule has 8 nitrogen and oxygen atoms in total. The van der Waals surface area contributed by atoms with Gasteiger partial charge >= 0.3 is 0 Å². The zero-order valence-electron chi connectivity index (χ0n) is 21.5. The van der Waals surface area contributed by atoms with Crippen molar-refractivity contribution in [2.45, 2.75) is 12.8 Å². The third-order valence-corrected chi connectivity index (χ3v) is 6.83. The molecule has 4 heterocycles. The van der Waals surface area contributed by atoms with Crippen LogP contribution in [-0.2, 0) is 18.3 Å². The Balaban J connectivity index is 1.19. The molecule has 0 spiro atoms. The lowest BCUT2D eigenvalue weighted by molar-refractivity contribution is -0.120. The van der Waals surface area contributed by atoms with E-state index in [-0.39, 0.29) is 18.0 Å². The van der Waals surface area contributed by atoms with Crippen LogP contribution in [0.2, 0.25) is 0 Å². The predicted molar refractivity (Wildman–Crippen MR) is 148 cm³/mol. The van der Waals surface area contributed by atoms with Gasteiger partial charge in [-0.15, -0.1) is 0 Å². The Kier molecular flexibility index (Phi) is 6.73. The number of nitrogens with one attached hydrogen (secondary N) is 1. The number of rotatable bonds is 9. The molecule has 3 aromatic heterocycles. The molecule has 0 amide bonds. The van der Waals surface area contributed by atoms with Gasteiger partial charge in [-0.3, -0.25) is 19.7 Å². The second-order valence-electron chi connectivity index (χ2n) is 9.63. The molecule has 39 heavy (non-hydrogen) atoms. The zero-order chi connectivity index (χ0) is 26.8. The number of nitrogens with zero attached hydrogens (tertiary/aromatic N) is 5. The lowest BCUT2D eigenvalue weighted by Crippen LogP contribution is -2.41. The maximum atomic E-state index is 14.7. The molecule has 0 atom stereocenters. The highest BCUT2D eigenvalue weighted by atomic mass is 19.1. The Morgan fingerprint density at radius 1 is 0.974 bits per heavy atom. The predicted octanol–water partition coefficient (Wildman–Crippen LogP) is 5.52. The molecule has 1 fully saturated rings. The van der Waals surface area contributed by atoms with Crippen LogP contribution in [0.15, 0.2) is 79.3 Å². The van der Waals surface area contributed by atoms with Crippen molar-refractivity contribution < 1.29 is 13.9 Å². The second-order valence-corrected chi connectivity index (χ2v) is 9.63. The highest BCUT2D eigenvalue weighted by molar-refractivity contribution is 5.83. The van der Waals surface area contributed by atoms with E-state index in [2.05, 4.69) is 25.2 Å². The number of aromatic nitrogens is 4. The van der Waals surface area contributed by atoms with E-state index in [0.717, 1.165) is 36.2 Å². The maximum Gasteiger partial charge on any atom is 0.208 e. The van der Waals surface area contributed by atoms with Crippen LogP contribution in [0.3, 0.4) is 0 Å². The molecule has 9 heteroatoms. The normalized spacial score (nSPS) is 13.3. The van der Waals surface area contributed by atoms with Crippen molar-refractivity contribution in [3.05, 3.63) is 90.8 Å². The van der Waals surface area contributed by atoms with Crippen molar-refractivity contribution in [3.63, 3.8) is 0 Å². The molecule has 0 radical (unpaired) electrons. The number of likely N-dealkylation sites (tertiary alicyclic amines) is 1. The summed E-state index contributed by atoms with van der Waals surface area (Å²) in [6, 6.07) is 17.8. The third-order valence-electron chi connectivity index (χ3n) is 6.83. The summed E-state index contributed by atoms with van der Waals surface area (Å²) >= 11 is 0. The summed E-state index contributed by atoms with van der Waals surface area (Å²) in [7, 11) is 1.87. The SMILES string of the molecule is Cn1c(Nc2cc(-c3ccncc3)ccc2F)nc2cc(Oc3ccnc(CC(=O)CN4CCC4)c3)ccc21. The fourth-order valence-corrected chi connectivity index (χ4v) is 4.62. The largest absolute Gasteiger partial charge is 0.457 e. The molecule has 1 saturated heterocycles. The molecular weight excluding hydrogens is 495 g/mol. The van der Waals surface area contributed by atoms with E-state index in [9.17, 15) is 9.18 Å². The second kappa shape index (κ2) is 10.6. The topological polar surface area (TPSA) is 85.2 Å². The van der Waals surface area contributed by atoms with Gasteiger partial charge in [-0.1, -0.05) is 6.07 Å². The first-order valence-electron chi connectivity index (χ1n) is 12.8. The Labute approximate surface area is 225 Å². The van der Waals surface area contributed by atoms with E-state index < -0.39 is 0 Å². The molecule has 6 rings (SSSR count). The average Bonchev–Trinajstić information content (AvgIpc) is 3.22. The molecule has 0 saturated carbocycles. The summed E-state index contributed by atoms with van der Waals surface area (Å²) in [6.45, 7) is 2.45. The minimum Gasteiger partial charge on any atom is -0.457 e. The molecule has 1 N–H and O–H groups in total. The monoisotopic (exact) mass is 522 g/mol. The number of fused-ring (bicyclic) bond motifs is 1. The van der Waals surface area contributed by atoms with Crippen LogP contribution in [0.1, 0.15) is 12.1 Å². The van der Waals surface area contributed by atoms with Crippen LogP contribution in [0.4, 0.5) is 16.0 Å². The number of carbonyl (C=O) groups is 1. The van der Waals surface area contributed by atoms with Gasteiger partial charge < -0.3 is 14.6 Å². The van der Waals surface area contributed by atoms with Crippen LogP contribution >= 0.6 is 0 Å². The number of carbonyl (C=O) groups excluding carboxylic acids is 1. The molecule has 0 unspecified atom stereocenters. The highest BCUT2D eigenvalue weighted by Gasteiger charge is 2.18. The van der Waals surface area contributed by atoms with Crippen molar-refractivity contribution in [1.82, 2.24) is 24.4 Å². The van der Waals surface area contributed by atoms with Crippen molar-refractivity contribution in [2.24, 2.45) is 7.05 Å². The quantitative estimate of drug-likeness (QED) is 0.273. The van der Waals surface area contributed by atoms with Crippen LogP contribution in [0, 0.1) is 5.82 Å². The Morgan fingerprint density at radius 2 is 1.79 bits per heavy atom. The molecule has 1 aliphatic rings. The average molecular weight is 523 g/mol. The minimum atomic E-state index is -0.374. The first-order valence-corrected chi connectivity index (χ1v) is 12.8.